The Balaban J connectivity index is 1.55. The van der Waals surface area contributed by atoms with Crippen LogP contribution in [0.1, 0.15) is 38.4 Å². The largest absolute Gasteiger partial charge is 0.505 e. The number of amides is 1. The van der Waals surface area contributed by atoms with Crippen molar-refractivity contribution in [3.63, 3.8) is 0 Å². The molecule has 43 heavy (non-hydrogen) atoms. The van der Waals surface area contributed by atoms with Crippen molar-refractivity contribution in [3.8, 4) is 17.2 Å². The molecule has 1 aliphatic heterocycles. The van der Waals surface area contributed by atoms with E-state index in [0.29, 0.717) is 23.0 Å². The number of thioether (sulfide) groups is 1. The van der Waals surface area contributed by atoms with E-state index in [-0.39, 0.29) is 34.7 Å². The van der Waals surface area contributed by atoms with Gasteiger partial charge in [-0.3, -0.25) is 4.79 Å². The lowest BCUT2D eigenvalue weighted by Gasteiger charge is -2.24. The highest BCUT2D eigenvalue weighted by atomic mass is 32.2. The lowest BCUT2D eigenvalue weighted by Crippen LogP contribution is -2.27. The van der Waals surface area contributed by atoms with Crippen molar-refractivity contribution in [2.24, 2.45) is 5.10 Å². The number of benzene rings is 3. The maximum atomic E-state index is 15.2. The summed E-state index contributed by atoms with van der Waals surface area (Å²) in [6.45, 7) is 3.34. The maximum absolute atomic E-state index is 15.2. The van der Waals surface area contributed by atoms with Crippen LogP contribution < -0.4 is 14.2 Å². The number of hydrazone groups is 1. The molecule has 4 aromatic rings. The van der Waals surface area contributed by atoms with Gasteiger partial charge in [-0.2, -0.15) is 9.49 Å². The van der Waals surface area contributed by atoms with E-state index in [4.69, 9.17) is 13.9 Å². The van der Waals surface area contributed by atoms with Crippen LogP contribution in [0, 0.1) is 23.3 Å². The van der Waals surface area contributed by atoms with Gasteiger partial charge in [-0.25, -0.2) is 18.2 Å². The second-order valence-corrected chi connectivity index (χ2v) is 10.0. The topological polar surface area (TPSA) is 93.7 Å². The molecule has 1 unspecified atom stereocenters. The van der Waals surface area contributed by atoms with E-state index in [2.05, 4.69) is 16.4 Å². The van der Waals surface area contributed by atoms with E-state index < -0.39 is 45.9 Å². The number of methoxy groups -OCH3 is 2. The number of rotatable bonds is 9. The molecule has 2 heterocycles. The molecule has 0 saturated carbocycles. The Labute approximate surface area is 246 Å². The number of carbonyl (C=O) groups excluding carboxylic acids is 1. The number of hydrogen-bond donors (Lipinski definition) is 1. The fourth-order valence-corrected chi connectivity index (χ4v) is 5.43. The van der Waals surface area contributed by atoms with Crippen molar-refractivity contribution in [1.82, 2.24) is 5.01 Å². The molecule has 0 spiro atoms. The second kappa shape index (κ2) is 12.1. The van der Waals surface area contributed by atoms with Crippen molar-refractivity contribution < 1.29 is 46.1 Å². The number of para-hydroxylation sites is 1. The number of nitrogens with zero attached hydrogens (tertiary/aromatic N) is 2. The molecule has 1 amide bonds. The Bertz CT molecular complexity index is 1740. The molecule has 1 N–H and O–H groups in total. The monoisotopic (exact) mass is 614 g/mol. The molecule has 0 radical (unpaired) electrons. The van der Waals surface area contributed by atoms with Gasteiger partial charge in [0.05, 0.1) is 19.8 Å². The highest BCUT2D eigenvalue weighted by Gasteiger charge is 2.39. The Morgan fingerprint density at radius 1 is 1.02 bits per heavy atom. The van der Waals surface area contributed by atoms with Crippen molar-refractivity contribution in [2.45, 2.75) is 12.0 Å². The SMILES string of the molecule is C=C(O)c1ccc(COc2cccc(C3SC(c4ccc(F)cc4)=NN3C(=O)c3cc(F)c(F)c(OC)c3F)c2OC)o1. The summed E-state index contributed by atoms with van der Waals surface area (Å²) in [7, 11) is 2.31. The van der Waals surface area contributed by atoms with Gasteiger partial charge in [0, 0.05) is 11.1 Å². The first-order chi connectivity index (χ1) is 20.6. The Morgan fingerprint density at radius 3 is 2.40 bits per heavy atom. The van der Waals surface area contributed by atoms with Crippen LogP contribution in [0.3, 0.4) is 0 Å². The predicted octanol–water partition coefficient (Wildman–Crippen LogP) is 7.21. The fraction of sp³-hybridized carbons (Fsp3) is 0.133. The zero-order valence-electron chi connectivity index (χ0n) is 22.6. The second-order valence-electron chi connectivity index (χ2n) is 8.98. The molecule has 0 bridgehead atoms. The molecule has 8 nitrogen and oxygen atoms in total. The van der Waals surface area contributed by atoms with Crippen LogP contribution in [0.25, 0.3) is 5.76 Å². The summed E-state index contributed by atoms with van der Waals surface area (Å²) in [4.78, 5) is 13.7. The van der Waals surface area contributed by atoms with Crippen LogP contribution in [0.5, 0.6) is 17.2 Å². The first-order valence-electron chi connectivity index (χ1n) is 12.5. The van der Waals surface area contributed by atoms with Crippen LogP contribution in [0.4, 0.5) is 17.6 Å². The van der Waals surface area contributed by atoms with Gasteiger partial charge in [0.15, 0.2) is 40.4 Å². The van der Waals surface area contributed by atoms with Crippen molar-refractivity contribution in [1.29, 1.82) is 0 Å². The van der Waals surface area contributed by atoms with Crippen LogP contribution in [0.15, 0.2) is 76.8 Å². The normalized spacial score (nSPS) is 14.4. The van der Waals surface area contributed by atoms with Gasteiger partial charge < -0.3 is 23.7 Å². The highest BCUT2D eigenvalue weighted by molar-refractivity contribution is 8.14. The fourth-order valence-electron chi connectivity index (χ4n) is 4.25. The molecule has 0 fully saturated rings. The van der Waals surface area contributed by atoms with Gasteiger partial charge in [-0.1, -0.05) is 30.5 Å². The van der Waals surface area contributed by atoms with Crippen molar-refractivity contribution >= 4 is 28.5 Å². The Kier molecular flexibility index (Phi) is 8.35. The Hall–Kier alpha value is -4.91. The summed E-state index contributed by atoms with van der Waals surface area (Å²) in [6.07, 6.45) is 0. The molecular weight excluding hydrogens is 592 g/mol. The molecule has 1 atom stereocenters. The van der Waals surface area contributed by atoms with E-state index in [1.165, 1.54) is 37.4 Å². The minimum Gasteiger partial charge on any atom is -0.505 e. The third-order valence-corrected chi connectivity index (χ3v) is 7.51. The number of carbonyl (C=O) groups is 1. The van der Waals surface area contributed by atoms with Crippen molar-refractivity contribution in [2.75, 3.05) is 14.2 Å². The third-order valence-electron chi connectivity index (χ3n) is 6.29. The standard InChI is InChI=1S/C30H22F4N2O6S/c1-15(37)22-12-11-18(42-22)14-41-23-6-4-5-19(26(23)39-2)30-36(35-28(43-30)16-7-9-17(31)10-8-16)29(38)20-13-21(32)25(34)27(40-3)24(20)33/h4-13,30,37H,1,14H2,2-3H3. The summed E-state index contributed by atoms with van der Waals surface area (Å²) in [5.41, 5.74) is -0.0190. The average Bonchev–Trinajstić information content (AvgIpc) is 3.66. The molecule has 0 aliphatic carbocycles. The molecule has 1 aromatic heterocycles. The summed E-state index contributed by atoms with van der Waals surface area (Å²) < 4.78 is 79.0. The van der Waals surface area contributed by atoms with Crippen LogP contribution in [-0.2, 0) is 6.61 Å². The summed E-state index contributed by atoms with van der Waals surface area (Å²) in [5.74, 6) is -6.43. The average molecular weight is 615 g/mol. The lowest BCUT2D eigenvalue weighted by atomic mass is 10.1. The summed E-state index contributed by atoms with van der Waals surface area (Å²) in [5, 5.41) is 14.0. The van der Waals surface area contributed by atoms with Crippen LogP contribution in [-0.4, -0.2) is 35.3 Å². The molecule has 13 heteroatoms. The predicted molar refractivity (Wildman–Crippen MR) is 150 cm³/mol. The van der Waals surface area contributed by atoms with E-state index >= 15 is 4.39 Å². The number of aliphatic hydroxyl groups excluding tert-OH is 1. The number of halogens is 4. The molecule has 222 valence electrons. The lowest BCUT2D eigenvalue weighted by molar-refractivity contribution is 0.0741. The van der Waals surface area contributed by atoms with E-state index in [1.54, 1.807) is 24.3 Å². The van der Waals surface area contributed by atoms with E-state index in [0.717, 1.165) is 23.9 Å². The minimum absolute atomic E-state index is 0.0647. The van der Waals surface area contributed by atoms with Crippen LogP contribution >= 0.6 is 11.8 Å². The number of aliphatic hydroxyl groups is 1. The maximum Gasteiger partial charge on any atom is 0.278 e. The Morgan fingerprint density at radius 2 is 1.74 bits per heavy atom. The molecule has 0 saturated heterocycles. The zero-order valence-corrected chi connectivity index (χ0v) is 23.4. The number of ether oxygens (including phenoxy) is 3. The zero-order chi connectivity index (χ0) is 30.8. The minimum atomic E-state index is -1.59. The van der Waals surface area contributed by atoms with Crippen LogP contribution in [0.2, 0.25) is 0 Å². The van der Waals surface area contributed by atoms with E-state index in [1.807, 2.05) is 0 Å². The van der Waals surface area contributed by atoms with Gasteiger partial charge in [0.25, 0.3) is 5.91 Å². The molecular formula is C30H22F4N2O6S. The van der Waals surface area contributed by atoms with Gasteiger partial charge in [0.1, 0.15) is 28.6 Å². The molecule has 5 rings (SSSR count). The van der Waals surface area contributed by atoms with E-state index in [9.17, 15) is 23.1 Å². The third kappa shape index (κ3) is 5.75. The van der Waals surface area contributed by atoms with Gasteiger partial charge in [-0.05, 0) is 48.5 Å². The number of furan rings is 1. The highest BCUT2D eigenvalue weighted by Crippen LogP contribution is 2.48. The summed E-state index contributed by atoms with van der Waals surface area (Å²) in [6, 6.07) is 13.7. The van der Waals surface area contributed by atoms with Gasteiger partial charge in [-0.15, -0.1) is 0 Å². The molecule has 3 aromatic carbocycles. The number of hydrogen-bond acceptors (Lipinski definition) is 8. The molecule has 1 aliphatic rings. The quantitative estimate of drug-likeness (QED) is 0.121. The van der Waals surface area contributed by atoms with Gasteiger partial charge in [0.2, 0.25) is 5.82 Å². The van der Waals surface area contributed by atoms with Crippen molar-refractivity contribution in [3.05, 3.63) is 119 Å². The summed E-state index contributed by atoms with van der Waals surface area (Å²) >= 11 is 1.06. The first-order valence-corrected chi connectivity index (χ1v) is 13.3. The smallest absolute Gasteiger partial charge is 0.278 e. The van der Waals surface area contributed by atoms with Gasteiger partial charge >= 0.3 is 0 Å². The first kappa shape index (κ1) is 29.6.